The zero-order chi connectivity index (χ0) is 13.0. The highest BCUT2D eigenvalue weighted by Gasteiger charge is 2.30. The summed E-state index contributed by atoms with van der Waals surface area (Å²) in [5, 5.41) is 3.74. The topological polar surface area (TPSA) is 12.0 Å². The lowest BCUT2D eigenvalue weighted by atomic mass is 9.95. The van der Waals surface area contributed by atoms with Crippen LogP contribution in [0.15, 0.2) is 18.2 Å². The molecule has 1 aliphatic carbocycles. The summed E-state index contributed by atoms with van der Waals surface area (Å²) < 4.78 is 0. The predicted octanol–water partition coefficient (Wildman–Crippen LogP) is 4.01. The van der Waals surface area contributed by atoms with E-state index in [1.165, 1.54) is 49.8 Å². The minimum atomic E-state index is 0.754. The lowest BCUT2D eigenvalue weighted by Gasteiger charge is -2.19. The van der Waals surface area contributed by atoms with Crippen LogP contribution in [0.5, 0.6) is 0 Å². The van der Waals surface area contributed by atoms with Crippen molar-refractivity contribution in [1.82, 2.24) is 5.32 Å². The van der Waals surface area contributed by atoms with E-state index in [4.69, 9.17) is 0 Å². The van der Waals surface area contributed by atoms with Gasteiger partial charge in [-0.1, -0.05) is 25.1 Å². The number of hydrogen-bond acceptors (Lipinski definition) is 1. The van der Waals surface area contributed by atoms with Gasteiger partial charge < -0.3 is 5.32 Å². The molecule has 0 heterocycles. The Labute approximate surface area is 112 Å². The van der Waals surface area contributed by atoms with E-state index in [2.05, 4.69) is 44.3 Å². The molecule has 2 rings (SSSR count). The monoisotopic (exact) mass is 245 g/mol. The standard InChI is InChI=1S/C17H27N/c1-4-12-18-17(15-8-9-15)11-10-16-13(2)6-5-7-14(16)3/h5-7,15,17-18H,4,8-12H2,1-3H3. The van der Waals surface area contributed by atoms with Crippen LogP contribution < -0.4 is 5.32 Å². The average Bonchev–Trinajstić information content (AvgIpc) is 3.16. The normalized spacial score (nSPS) is 16.8. The Bertz CT molecular complexity index is 359. The van der Waals surface area contributed by atoms with Gasteiger partial charge in [-0.05, 0) is 75.1 Å². The largest absolute Gasteiger partial charge is 0.314 e. The van der Waals surface area contributed by atoms with Gasteiger partial charge in [0.05, 0.1) is 0 Å². The summed E-state index contributed by atoms with van der Waals surface area (Å²) in [6.07, 6.45) is 6.65. The lowest BCUT2D eigenvalue weighted by molar-refractivity contribution is 0.435. The van der Waals surface area contributed by atoms with E-state index in [-0.39, 0.29) is 0 Å². The van der Waals surface area contributed by atoms with Crippen LogP contribution in [0.25, 0.3) is 0 Å². The Morgan fingerprint density at radius 3 is 2.44 bits per heavy atom. The molecule has 100 valence electrons. The van der Waals surface area contributed by atoms with Gasteiger partial charge in [-0.15, -0.1) is 0 Å². The second-order valence-corrected chi connectivity index (χ2v) is 5.81. The van der Waals surface area contributed by atoms with Crippen LogP contribution in [0, 0.1) is 19.8 Å². The SMILES string of the molecule is CCCNC(CCc1c(C)cccc1C)C1CC1. The molecule has 1 aromatic carbocycles. The van der Waals surface area contributed by atoms with Gasteiger partial charge in [-0.25, -0.2) is 0 Å². The second-order valence-electron chi connectivity index (χ2n) is 5.81. The van der Waals surface area contributed by atoms with Crippen molar-refractivity contribution in [1.29, 1.82) is 0 Å². The third-order valence-electron chi connectivity index (χ3n) is 4.20. The Kier molecular flexibility index (Phi) is 4.82. The lowest BCUT2D eigenvalue weighted by Crippen LogP contribution is -2.32. The van der Waals surface area contributed by atoms with Gasteiger partial charge in [-0.3, -0.25) is 0 Å². The molecule has 1 nitrogen and oxygen atoms in total. The van der Waals surface area contributed by atoms with E-state index >= 15 is 0 Å². The van der Waals surface area contributed by atoms with Gasteiger partial charge in [0.15, 0.2) is 0 Å². The molecular formula is C17H27N. The van der Waals surface area contributed by atoms with E-state index in [1.807, 2.05) is 0 Å². The van der Waals surface area contributed by atoms with Crippen molar-refractivity contribution in [3.8, 4) is 0 Å². The number of hydrogen-bond donors (Lipinski definition) is 1. The molecule has 1 N–H and O–H groups in total. The van der Waals surface area contributed by atoms with E-state index < -0.39 is 0 Å². The fourth-order valence-corrected chi connectivity index (χ4v) is 2.88. The van der Waals surface area contributed by atoms with E-state index in [1.54, 1.807) is 5.56 Å². The van der Waals surface area contributed by atoms with Crippen LogP contribution in [0.4, 0.5) is 0 Å². The van der Waals surface area contributed by atoms with E-state index in [0.717, 1.165) is 12.0 Å². The number of benzene rings is 1. The average molecular weight is 245 g/mol. The van der Waals surface area contributed by atoms with Crippen molar-refractivity contribution in [3.63, 3.8) is 0 Å². The van der Waals surface area contributed by atoms with Gasteiger partial charge >= 0.3 is 0 Å². The predicted molar refractivity (Wildman–Crippen MR) is 79.0 cm³/mol. The molecule has 1 unspecified atom stereocenters. The molecule has 0 aromatic heterocycles. The van der Waals surface area contributed by atoms with Crippen LogP contribution in [0.3, 0.4) is 0 Å². The molecule has 0 amide bonds. The first kappa shape index (κ1) is 13.6. The molecule has 0 spiro atoms. The quantitative estimate of drug-likeness (QED) is 0.765. The van der Waals surface area contributed by atoms with Crippen molar-refractivity contribution < 1.29 is 0 Å². The number of aryl methyl sites for hydroxylation is 2. The molecular weight excluding hydrogens is 218 g/mol. The summed E-state index contributed by atoms with van der Waals surface area (Å²) in [6.45, 7) is 7.91. The maximum Gasteiger partial charge on any atom is 0.00984 e. The molecule has 1 fully saturated rings. The van der Waals surface area contributed by atoms with Crippen molar-refractivity contribution in [3.05, 3.63) is 34.9 Å². The molecule has 1 aliphatic rings. The molecule has 0 radical (unpaired) electrons. The third-order valence-corrected chi connectivity index (χ3v) is 4.20. The molecule has 0 aliphatic heterocycles. The fraction of sp³-hybridized carbons (Fsp3) is 0.647. The minimum absolute atomic E-state index is 0.754. The molecule has 1 atom stereocenters. The van der Waals surface area contributed by atoms with Gasteiger partial charge in [-0.2, -0.15) is 0 Å². The smallest absolute Gasteiger partial charge is 0.00984 e. The third kappa shape index (κ3) is 3.58. The molecule has 0 saturated heterocycles. The summed E-state index contributed by atoms with van der Waals surface area (Å²) >= 11 is 0. The zero-order valence-corrected chi connectivity index (χ0v) is 12.1. The molecule has 1 saturated carbocycles. The van der Waals surface area contributed by atoms with Crippen LogP contribution in [0.1, 0.15) is 49.3 Å². The van der Waals surface area contributed by atoms with Crippen molar-refractivity contribution in [2.24, 2.45) is 5.92 Å². The highest BCUT2D eigenvalue weighted by molar-refractivity contribution is 5.33. The Hall–Kier alpha value is -0.820. The summed E-state index contributed by atoms with van der Waals surface area (Å²) in [5.41, 5.74) is 4.49. The second kappa shape index (κ2) is 6.38. The minimum Gasteiger partial charge on any atom is -0.314 e. The fourth-order valence-electron chi connectivity index (χ4n) is 2.88. The summed E-state index contributed by atoms with van der Waals surface area (Å²) in [7, 11) is 0. The van der Waals surface area contributed by atoms with Crippen LogP contribution >= 0.6 is 0 Å². The Morgan fingerprint density at radius 2 is 1.89 bits per heavy atom. The highest BCUT2D eigenvalue weighted by atomic mass is 14.9. The van der Waals surface area contributed by atoms with Crippen LogP contribution in [-0.4, -0.2) is 12.6 Å². The number of rotatable bonds is 7. The zero-order valence-electron chi connectivity index (χ0n) is 12.1. The van der Waals surface area contributed by atoms with Gasteiger partial charge in [0.25, 0.3) is 0 Å². The first-order valence-corrected chi connectivity index (χ1v) is 7.50. The van der Waals surface area contributed by atoms with E-state index in [0.29, 0.717) is 0 Å². The number of nitrogens with one attached hydrogen (secondary N) is 1. The van der Waals surface area contributed by atoms with Crippen molar-refractivity contribution in [2.75, 3.05) is 6.54 Å². The summed E-state index contributed by atoms with van der Waals surface area (Å²) in [5.74, 6) is 0.959. The van der Waals surface area contributed by atoms with E-state index in [9.17, 15) is 0 Å². The Morgan fingerprint density at radius 1 is 1.22 bits per heavy atom. The van der Waals surface area contributed by atoms with Crippen molar-refractivity contribution in [2.45, 2.75) is 58.9 Å². The summed E-state index contributed by atoms with van der Waals surface area (Å²) in [6, 6.07) is 7.41. The van der Waals surface area contributed by atoms with Crippen molar-refractivity contribution >= 4 is 0 Å². The van der Waals surface area contributed by atoms with Crippen LogP contribution in [-0.2, 0) is 6.42 Å². The molecule has 0 bridgehead atoms. The first-order chi connectivity index (χ1) is 8.72. The maximum atomic E-state index is 3.74. The highest BCUT2D eigenvalue weighted by Crippen LogP contribution is 2.34. The Balaban J connectivity index is 1.92. The molecule has 1 aromatic rings. The maximum absolute atomic E-state index is 3.74. The van der Waals surface area contributed by atoms with Gasteiger partial charge in [0.2, 0.25) is 0 Å². The molecule has 18 heavy (non-hydrogen) atoms. The summed E-state index contributed by atoms with van der Waals surface area (Å²) in [4.78, 5) is 0. The van der Waals surface area contributed by atoms with Gasteiger partial charge in [0.1, 0.15) is 0 Å². The first-order valence-electron chi connectivity index (χ1n) is 7.50. The molecule has 1 heteroatoms. The van der Waals surface area contributed by atoms with Crippen LogP contribution in [0.2, 0.25) is 0 Å². The van der Waals surface area contributed by atoms with Gasteiger partial charge in [0, 0.05) is 6.04 Å².